The van der Waals surface area contributed by atoms with E-state index >= 15 is 0 Å². The van der Waals surface area contributed by atoms with Crippen molar-refractivity contribution in [1.29, 1.82) is 0 Å². The number of non-ortho nitro benzene ring substituents is 1. The van der Waals surface area contributed by atoms with Crippen LogP contribution in [0.15, 0.2) is 30.3 Å². The number of fused-ring (bicyclic) bond motifs is 1. The second kappa shape index (κ2) is 7.68. The number of amides is 1. The summed E-state index contributed by atoms with van der Waals surface area (Å²) >= 11 is 1.68. The van der Waals surface area contributed by atoms with Crippen LogP contribution < -0.4 is 4.90 Å². The van der Waals surface area contributed by atoms with E-state index in [1.54, 1.807) is 23.5 Å². The Morgan fingerprint density at radius 3 is 2.41 bits per heavy atom. The van der Waals surface area contributed by atoms with Gasteiger partial charge < -0.3 is 9.80 Å². The van der Waals surface area contributed by atoms with Crippen molar-refractivity contribution in [3.05, 3.63) is 55.8 Å². The van der Waals surface area contributed by atoms with Crippen molar-refractivity contribution in [3.8, 4) is 0 Å². The lowest BCUT2D eigenvalue weighted by Crippen LogP contribution is -2.48. The summed E-state index contributed by atoms with van der Waals surface area (Å²) in [6.45, 7) is 2.85. The Bertz CT molecular complexity index is 815. The Labute approximate surface area is 162 Å². The van der Waals surface area contributed by atoms with Crippen molar-refractivity contribution >= 4 is 28.6 Å². The second-order valence-corrected chi connectivity index (χ2v) is 8.31. The quantitative estimate of drug-likeness (QED) is 0.457. The van der Waals surface area contributed by atoms with Gasteiger partial charge in [0.15, 0.2) is 0 Å². The summed E-state index contributed by atoms with van der Waals surface area (Å²) in [5.74, 6) is 0.149. The van der Waals surface area contributed by atoms with Gasteiger partial charge in [0.1, 0.15) is 0 Å². The molecule has 1 aromatic carbocycles. The molecular weight excluding hydrogens is 362 g/mol. The third-order valence-electron chi connectivity index (χ3n) is 5.45. The molecule has 7 heteroatoms. The summed E-state index contributed by atoms with van der Waals surface area (Å²) in [5, 5.41) is 10.8. The first-order valence-electron chi connectivity index (χ1n) is 9.52. The Hall–Kier alpha value is -2.41. The van der Waals surface area contributed by atoms with E-state index in [-0.39, 0.29) is 16.5 Å². The van der Waals surface area contributed by atoms with Crippen LogP contribution in [0.2, 0.25) is 0 Å². The van der Waals surface area contributed by atoms with E-state index in [4.69, 9.17) is 0 Å². The van der Waals surface area contributed by atoms with Gasteiger partial charge in [-0.25, -0.2) is 0 Å². The number of nitrogens with zero attached hydrogens (tertiary/aromatic N) is 3. The second-order valence-electron chi connectivity index (χ2n) is 7.17. The highest BCUT2D eigenvalue weighted by molar-refractivity contribution is 7.14. The monoisotopic (exact) mass is 385 g/mol. The number of nitro groups is 1. The number of benzene rings is 1. The van der Waals surface area contributed by atoms with Gasteiger partial charge in [0.05, 0.1) is 9.80 Å². The largest absolute Gasteiger partial charge is 0.368 e. The molecule has 6 nitrogen and oxygen atoms in total. The number of carbonyl (C=O) groups excluding carboxylic acids is 1. The van der Waals surface area contributed by atoms with E-state index in [9.17, 15) is 14.9 Å². The van der Waals surface area contributed by atoms with Crippen LogP contribution in [-0.4, -0.2) is 41.9 Å². The topological polar surface area (TPSA) is 66.7 Å². The number of aryl methyl sites for hydroxylation is 2. The molecule has 0 atom stereocenters. The van der Waals surface area contributed by atoms with E-state index in [1.165, 1.54) is 41.8 Å². The van der Waals surface area contributed by atoms with E-state index in [0.29, 0.717) is 13.1 Å². The Kier molecular flexibility index (Phi) is 5.11. The predicted octanol–water partition coefficient (Wildman–Crippen LogP) is 3.89. The maximum absolute atomic E-state index is 12.9. The molecule has 0 radical (unpaired) electrons. The fraction of sp³-hybridized carbons (Fsp3) is 0.450. The zero-order valence-electron chi connectivity index (χ0n) is 15.2. The van der Waals surface area contributed by atoms with Gasteiger partial charge in [-0.2, -0.15) is 0 Å². The fourth-order valence-corrected chi connectivity index (χ4v) is 5.10. The predicted molar refractivity (Wildman–Crippen MR) is 107 cm³/mol. The van der Waals surface area contributed by atoms with E-state index in [0.717, 1.165) is 36.5 Å². The van der Waals surface area contributed by atoms with Gasteiger partial charge in [0, 0.05) is 48.9 Å². The smallest absolute Gasteiger partial charge is 0.269 e. The number of hydrogen-bond donors (Lipinski definition) is 0. The van der Waals surface area contributed by atoms with Gasteiger partial charge in [0.2, 0.25) is 0 Å². The number of nitro benzene ring substituents is 1. The van der Waals surface area contributed by atoms with E-state index in [1.807, 2.05) is 4.90 Å². The van der Waals surface area contributed by atoms with Gasteiger partial charge in [0.25, 0.3) is 11.6 Å². The molecule has 2 heterocycles. The average molecular weight is 385 g/mol. The minimum absolute atomic E-state index is 0.102. The van der Waals surface area contributed by atoms with Crippen LogP contribution in [0.4, 0.5) is 11.4 Å². The van der Waals surface area contributed by atoms with Crippen LogP contribution in [-0.2, 0) is 12.8 Å². The number of rotatable bonds is 3. The molecule has 1 aliphatic carbocycles. The molecule has 2 aromatic rings. The third kappa shape index (κ3) is 3.83. The highest BCUT2D eigenvalue weighted by Gasteiger charge is 2.25. The van der Waals surface area contributed by atoms with Gasteiger partial charge >= 0.3 is 0 Å². The fourth-order valence-electron chi connectivity index (χ4n) is 3.88. The van der Waals surface area contributed by atoms with Crippen molar-refractivity contribution < 1.29 is 9.72 Å². The molecule has 0 bridgehead atoms. The van der Waals surface area contributed by atoms with Crippen molar-refractivity contribution in [1.82, 2.24) is 4.90 Å². The molecule has 0 saturated carbocycles. The molecule has 0 spiro atoms. The van der Waals surface area contributed by atoms with Crippen molar-refractivity contribution in [3.63, 3.8) is 0 Å². The zero-order valence-corrected chi connectivity index (χ0v) is 16.0. The molecule has 2 aliphatic rings. The Morgan fingerprint density at radius 1 is 1.00 bits per heavy atom. The van der Waals surface area contributed by atoms with Crippen LogP contribution in [0.3, 0.4) is 0 Å². The lowest BCUT2D eigenvalue weighted by atomic mass is 10.1. The molecule has 27 heavy (non-hydrogen) atoms. The molecule has 1 amide bonds. The first kappa shape index (κ1) is 18.0. The van der Waals surface area contributed by atoms with Crippen LogP contribution in [0.25, 0.3) is 0 Å². The highest BCUT2D eigenvalue weighted by Crippen LogP contribution is 2.30. The normalized spacial score (nSPS) is 17.3. The SMILES string of the molecule is O=C(c1cc2c(s1)CCCCC2)N1CCN(c2ccc([N+](=O)[O-])cc2)CC1. The molecule has 142 valence electrons. The minimum Gasteiger partial charge on any atom is -0.368 e. The van der Waals surface area contributed by atoms with Gasteiger partial charge in [-0.15, -0.1) is 11.3 Å². The van der Waals surface area contributed by atoms with Gasteiger partial charge in [-0.1, -0.05) is 6.42 Å². The minimum atomic E-state index is -0.386. The summed E-state index contributed by atoms with van der Waals surface area (Å²) in [6.07, 6.45) is 5.96. The molecular formula is C20H23N3O3S. The molecule has 0 N–H and O–H groups in total. The summed E-state index contributed by atoms with van der Waals surface area (Å²) in [6, 6.07) is 8.76. The van der Waals surface area contributed by atoms with Crippen molar-refractivity contribution in [2.75, 3.05) is 31.1 Å². The summed E-state index contributed by atoms with van der Waals surface area (Å²) in [7, 11) is 0. The van der Waals surface area contributed by atoms with Crippen LogP contribution in [0.5, 0.6) is 0 Å². The van der Waals surface area contributed by atoms with Crippen molar-refractivity contribution in [2.24, 2.45) is 0 Å². The maximum Gasteiger partial charge on any atom is 0.269 e. The van der Waals surface area contributed by atoms with Crippen LogP contribution in [0.1, 0.15) is 39.4 Å². The number of hydrogen-bond acceptors (Lipinski definition) is 5. The van der Waals surface area contributed by atoms with Gasteiger partial charge in [-0.3, -0.25) is 14.9 Å². The number of carbonyl (C=O) groups is 1. The molecule has 0 unspecified atom stereocenters. The number of piperazine rings is 1. The third-order valence-corrected chi connectivity index (χ3v) is 6.68. The maximum atomic E-state index is 12.9. The lowest BCUT2D eigenvalue weighted by Gasteiger charge is -2.35. The number of anilines is 1. The number of thiophene rings is 1. The van der Waals surface area contributed by atoms with Gasteiger partial charge in [-0.05, 0) is 49.4 Å². The standard InChI is InChI=1S/C20H23N3O3S/c24-20(19-14-15-4-2-1-3-5-18(15)27-19)22-12-10-21(11-13-22)16-6-8-17(9-7-16)23(25)26/h6-9,14H,1-5,10-13H2. The molecule has 4 rings (SSSR count). The molecule has 1 aromatic heterocycles. The Balaban J connectivity index is 1.38. The van der Waals surface area contributed by atoms with Crippen LogP contribution >= 0.6 is 11.3 Å². The molecule has 1 saturated heterocycles. The highest BCUT2D eigenvalue weighted by atomic mass is 32.1. The summed E-state index contributed by atoms with van der Waals surface area (Å²) in [4.78, 5) is 29.7. The molecule has 1 fully saturated rings. The van der Waals surface area contributed by atoms with Crippen LogP contribution in [0, 0.1) is 10.1 Å². The Morgan fingerprint density at radius 2 is 1.70 bits per heavy atom. The average Bonchev–Trinajstić information content (AvgIpc) is 2.98. The first-order chi connectivity index (χ1) is 13.1. The lowest BCUT2D eigenvalue weighted by molar-refractivity contribution is -0.384. The zero-order chi connectivity index (χ0) is 18.8. The summed E-state index contributed by atoms with van der Waals surface area (Å²) < 4.78 is 0. The van der Waals surface area contributed by atoms with Crippen molar-refractivity contribution in [2.45, 2.75) is 32.1 Å². The first-order valence-corrected chi connectivity index (χ1v) is 10.3. The summed E-state index contributed by atoms with van der Waals surface area (Å²) in [5.41, 5.74) is 2.45. The van der Waals surface area contributed by atoms with E-state index in [2.05, 4.69) is 11.0 Å². The molecule has 1 aliphatic heterocycles. The van der Waals surface area contributed by atoms with E-state index < -0.39 is 0 Å².